The number of esters is 1. The lowest BCUT2D eigenvalue weighted by Gasteiger charge is -2.47. The van der Waals surface area contributed by atoms with E-state index < -0.39 is 0 Å². The number of carbonyl (C=O) groups is 2. The van der Waals surface area contributed by atoms with E-state index in [0.717, 1.165) is 43.7 Å². The van der Waals surface area contributed by atoms with Gasteiger partial charge in [0.25, 0.3) is 0 Å². The molecule has 33 heavy (non-hydrogen) atoms. The molecule has 0 radical (unpaired) electrons. The largest absolute Gasteiger partial charge is 0.508 e. The number of fused-ring (bicyclic) bond motifs is 3. The Labute approximate surface area is 193 Å². The predicted octanol–water partition coefficient (Wildman–Crippen LogP) is 0.356. The lowest BCUT2D eigenvalue weighted by atomic mass is 9.74. The summed E-state index contributed by atoms with van der Waals surface area (Å²) in [5.41, 5.74) is 1.60. The Morgan fingerprint density at radius 2 is 2.06 bits per heavy atom. The van der Waals surface area contributed by atoms with Crippen LogP contribution in [0.5, 0.6) is 5.75 Å². The minimum atomic E-state index is -0.155. The third kappa shape index (κ3) is 4.46. The fraction of sp³-hybridized carbons (Fsp3) is 0.583. The molecule has 0 spiro atoms. The monoisotopic (exact) mass is 454 g/mol. The molecule has 2 aromatic rings. The minimum Gasteiger partial charge on any atom is -0.508 e. The van der Waals surface area contributed by atoms with Gasteiger partial charge in [-0.15, -0.1) is 5.10 Å². The number of nitrogens with one attached hydrogen (secondary N) is 1. The number of hydrogen-bond donors (Lipinski definition) is 2. The van der Waals surface area contributed by atoms with Crippen LogP contribution in [0.2, 0.25) is 0 Å². The first-order valence-electron chi connectivity index (χ1n) is 11.9. The molecular formula is C24H32N5O4+. The third-order valence-electron chi connectivity index (χ3n) is 7.80. The number of phenolic OH excluding ortho intramolecular Hbond substituents is 1. The number of benzene rings is 1. The lowest BCUT2D eigenvalue weighted by molar-refractivity contribution is -0.945. The summed E-state index contributed by atoms with van der Waals surface area (Å²) in [5.74, 6) is 0.745. The van der Waals surface area contributed by atoms with E-state index >= 15 is 0 Å². The number of aromatic nitrogens is 3. The van der Waals surface area contributed by atoms with Gasteiger partial charge < -0.3 is 19.6 Å². The highest BCUT2D eigenvalue weighted by Gasteiger charge is 2.48. The van der Waals surface area contributed by atoms with Crippen LogP contribution in [0, 0.1) is 17.8 Å². The molecule has 1 aromatic carbocycles. The van der Waals surface area contributed by atoms with E-state index in [1.165, 1.54) is 12.0 Å². The number of phenols is 1. The number of amides is 1. The number of piperidine rings is 4. The molecule has 176 valence electrons. The lowest BCUT2D eigenvalue weighted by Crippen LogP contribution is -3.20. The summed E-state index contributed by atoms with van der Waals surface area (Å²) >= 11 is 0. The molecule has 1 amide bonds. The Balaban J connectivity index is 1.18. The van der Waals surface area contributed by atoms with Gasteiger partial charge in [-0.1, -0.05) is 17.3 Å². The second-order valence-corrected chi connectivity index (χ2v) is 9.70. The van der Waals surface area contributed by atoms with Gasteiger partial charge in [-0.25, -0.2) is 4.68 Å². The van der Waals surface area contributed by atoms with Crippen molar-refractivity contribution in [3.05, 3.63) is 30.5 Å². The van der Waals surface area contributed by atoms with Gasteiger partial charge in [0.2, 0.25) is 5.91 Å². The number of rotatable bonds is 5. The van der Waals surface area contributed by atoms with Gasteiger partial charge in [-0.2, -0.15) is 0 Å². The van der Waals surface area contributed by atoms with Crippen LogP contribution in [-0.2, 0) is 20.9 Å². The molecule has 4 fully saturated rings. The fourth-order valence-electron chi connectivity index (χ4n) is 5.95. The topological polar surface area (TPSA) is 102 Å². The second kappa shape index (κ2) is 9.13. The summed E-state index contributed by atoms with van der Waals surface area (Å²) < 4.78 is 6.76. The number of nitrogens with zero attached hydrogens (tertiary/aromatic N) is 4. The van der Waals surface area contributed by atoms with Crippen molar-refractivity contribution in [3.63, 3.8) is 0 Å². The van der Waals surface area contributed by atoms with Gasteiger partial charge >= 0.3 is 5.97 Å². The molecule has 5 heterocycles. The number of likely N-dealkylation sites (tertiary alicyclic amines) is 1. The molecular weight excluding hydrogens is 422 g/mol. The number of aromatic hydroxyl groups is 1. The van der Waals surface area contributed by atoms with Crippen molar-refractivity contribution in [2.75, 3.05) is 33.3 Å². The van der Waals surface area contributed by atoms with Crippen LogP contribution in [0.1, 0.15) is 25.7 Å². The molecule has 4 atom stereocenters. The molecule has 9 nitrogen and oxygen atoms in total. The van der Waals surface area contributed by atoms with Gasteiger partial charge in [0.15, 0.2) is 0 Å². The highest BCUT2D eigenvalue weighted by atomic mass is 16.5. The standard InChI is InChI=1S/C24H31N5O4/c1-33-24(32)16-5-8-27(9-6-16)23(31)21-14-28-10-7-17(21)11-19(28)13-29-15-22(25-26-29)18-3-2-4-20(30)12-18/h2-4,12,15-17,19,21,30H,5-11,13-14H2,1H3/p+1/t17-,19+,21-/m0/s1. The van der Waals surface area contributed by atoms with Crippen LogP contribution < -0.4 is 4.90 Å². The van der Waals surface area contributed by atoms with E-state index in [1.54, 1.807) is 18.2 Å². The van der Waals surface area contributed by atoms with Gasteiger partial charge in [-0.3, -0.25) is 9.59 Å². The van der Waals surface area contributed by atoms with Crippen molar-refractivity contribution in [1.29, 1.82) is 0 Å². The number of hydrogen-bond acceptors (Lipinski definition) is 6. The highest BCUT2D eigenvalue weighted by Crippen LogP contribution is 2.31. The molecule has 2 N–H and O–H groups in total. The van der Waals surface area contributed by atoms with E-state index in [9.17, 15) is 14.7 Å². The molecule has 0 aliphatic carbocycles. The van der Waals surface area contributed by atoms with Crippen molar-refractivity contribution in [1.82, 2.24) is 19.9 Å². The maximum atomic E-state index is 13.3. The first-order valence-corrected chi connectivity index (χ1v) is 11.9. The quantitative estimate of drug-likeness (QED) is 0.633. The fourth-order valence-corrected chi connectivity index (χ4v) is 5.95. The van der Waals surface area contributed by atoms with Crippen molar-refractivity contribution < 1.29 is 24.3 Å². The Hall–Kier alpha value is -2.94. The Morgan fingerprint density at radius 3 is 2.76 bits per heavy atom. The van der Waals surface area contributed by atoms with E-state index in [4.69, 9.17) is 4.74 Å². The number of ether oxygens (including phenoxy) is 1. The summed E-state index contributed by atoms with van der Waals surface area (Å²) in [6.07, 6.45) is 5.44. The Morgan fingerprint density at radius 1 is 1.24 bits per heavy atom. The first kappa shape index (κ1) is 21.9. The summed E-state index contributed by atoms with van der Waals surface area (Å²) in [4.78, 5) is 28.5. The Kier molecular flexibility index (Phi) is 6.05. The summed E-state index contributed by atoms with van der Waals surface area (Å²) in [7, 11) is 1.43. The van der Waals surface area contributed by atoms with Crippen LogP contribution in [0.15, 0.2) is 30.5 Å². The number of quaternary nitrogens is 1. The zero-order valence-corrected chi connectivity index (χ0v) is 19.0. The van der Waals surface area contributed by atoms with Crippen LogP contribution in [0.25, 0.3) is 11.3 Å². The SMILES string of the molecule is COC(=O)C1CCN(C(=O)[C@H]2C[NH+]3CC[C@H]2C[C@@H]3Cn2cc(-c3cccc(O)c3)nn2)CC1. The predicted molar refractivity (Wildman–Crippen MR) is 119 cm³/mol. The van der Waals surface area contributed by atoms with Crippen molar-refractivity contribution in [3.8, 4) is 17.0 Å². The van der Waals surface area contributed by atoms with Crippen LogP contribution in [0.3, 0.4) is 0 Å². The molecule has 0 saturated carbocycles. The molecule has 1 aromatic heterocycles. The zero-order chi connectivity index (χ0) is 22.9. The van der Waals surface area contributed by atoms with Crippen LogP contribution >= 0.6 is 0 Å². The molecule has 4 aliphatic heterocycles. The van der Waals surface area contributed by atoms with Crippen molar-refractivity contribution >= 4 is 11.9 Å². The summed E-state index contributed by atoms with van der Waals surface area (Å²) in [5, 5.41) is 18.3. The smallest absolute Gasteiger partial charge is 0.308 e. The van der Waals surface area contributed by atoms with E-state index in [2.05, 4.69) is 10.3 Å². The maximum absolute atomic E-state index is 13.3. The normalized spacial score (nSPS) is 27.5. The van der Waals surface area contributed by atoms with E-state index in [0.29, 0.717) is 37.9 Å². The minimum absolute atomic E-state index is 0.0759. The van der Waals surface area contributed by atoms with Gasteiger partial charge in [-0.05, 0) is 30.9 Å². The van der Waals surface area contributed by atoms with Gasteiger partial charge in [0.1, 0.15) is 17.5 Å². The van der Waals surface area contributed by atoms with E-state index in [-0.39, 0.29) is 29.5 Å². The maximum Gasteiger partial charge on any atom is 0.308 e. The average Bonchev–Trinajstić information content (AvgIpc) is 3.32. The van der Waals surface area contributed by atoms with Crippen LogP contribution in [0.4, 0.5) is 0 Å². The summed E-state index contributed by atoms with van der Waals surface area (Å²) in [6, 6.07) is 7.47. The van der Waals surface area contributed by atoms with Crippen molar-refractivity contribution in [2.45, 2.75) is 38.3 Å². The molecule has 9 heteroatoms. The zero-order valence-electron chi connectivity index (χ0n) is 19.0. The van der Waals surface area contributed by atoms with Gasteiger partial charge in [0.05, 0.1) is 44.8 Å². The highest BCUT2D eigenvalue weighted by molar-refractivity contribution is 5.80. The van der Waals surface area contributed by atoms with Gasteiger partial charge in [0, 0.05) is 31.5 Å². The van der Waals surface area contributed by atoms with Crippen molar-refractivity contribution in [2.24, 2.45) is 17.8 Å². The molecule has 4 saturated heterocycles. The molecule has 6 rings (SSSR count). The third-order valence-corrected chi connectivity index (χ3v) is 7.80. The second-order valence-electron chi connectivity index (χ2n) is 9.70. The summed E-state index contributed by atoms with van der Waals surface area (Å²) in [6.45, 7) is 4.05. The Bertz CT molecular complexity index is 1020. The van der Waals surface area contributed by atoms with Crippen LogP contribution in [-0.4, -0.2) is 76.2 Å². The number of methoxy groups -OCH3 is 1. The molecule has 1 unspecified atom stereocenters. The first-order chi connectivity index (χ1) is 16.0. The number of carbonyl (C=O) groups excluding carboxylic acids is 2. The molecule has 4 aliphatic rings. The average molecular weight is 455 g/mol. The van der Waals surface area contributed by atoms with E-state index in [1.807, 2.05) is 21.8 Å². The molecule has 2 bridgehead atoms.